The highest BCUT2D eigenvalue weighted by atomic mass is 16.5. The molecular weight excluding hydrogens is 426 g/mol. The van der Waals surface area contributed by atoms with Crippen molar-refractivity contribution in [3.63, 3.8) is 0 Å². The highest BCUT2D eigenvalue weighted by molar-refractivity contribution is 6.07. The monoisotopic (exact) mass is 453 g/mol. The zero-order valence-electron chi connectivity index (χ0n) is 19.5. The van der Waals surface area contributed by atoms with Crippen LogP contribution in [0.25, 0.3) is 10.9 Å². The lowest BCUT2D eigenvalue weighted by Gasteiger charge is -2.26. The van der Waals surface area contributed by atoms with Gasteiger partial charge < -0.3 is 19.5 Å². The molecule has 1 aliphatic rings. The lowest BCUT2D eigenvalue weighted by Crippen LogP contribution is -2.39. The number of methoxy groups -OCH3 is 1. The number of carbonyl (C=O) groups excluding carboxylic acids is 2. The number of ether oxygens (including phenoxy) is 1. The Hall–Kier alpha value is -4.06. The molecule has 0 aliphatic carbocycles. The minimum Gasteiger partial charge on any atom is -0.497 e. The third kappa shape index (κ3) is 3.61. The maximum Gasteiger partial charge on any atom is 0.272 e. The van der Waals surface area contributed by atoms with Crippen molar-refractivity contribution in [2.45, 2.75) is 19.5 Å². The van der Waals surface area contributed by atoms with Crippen LogP contribution in [0.15, 0.2) is 72.8 Å². The Balaban J connectivity index is 1.50. The molecule has 2 heterocycles. The van der Waals surface area contributed by atoms with Crippen molar-refractivity contribution in [1.82, 2.24) is 14.8 Å². The summed E-state index contributed by atoms with van der Waals surface area (Å²) in [5, 5.41) is 4.01. The van der Waals surface area contributed by atoms with E-state index in [1.165, 1.54) is 0 Å². The second-order valence-electron chi connectivity index (χ2n) is 8.65. The van der Waals surface area contributed by atoms with Gasteiger partial charge in [-0.25, -0.2) is 0 Å². The molecule has 2 amide bonds. The standard InChI is InChI=1S/C28H27N3O3/c1-18-8-4-5-9-20(18)16-29-24(32)17-31-26(19-12-14-21(34-3)15-13-19)25-22-10-6-7-11-23(22)30(2)27(25)28(31)33/h4-15,26H,16-17H2,1-3H3,(H,29,32). The Bertz CT molecular complexity index is 1390. The first kappa shape index (κ1) is 21.8. The number of nitrogens with one attached hydrogen (secondary N) is 1. The minimum absolute atomic E-state index is 0.0234. The molecular formula is C28H27N3O3. The van der Waals surface area contributed by atoms with Gasteiger partial charge in [-0.3, -0.25) is 9.59 Å². The van der Waals surface area contributed by atoms with E-state index in [4.69, 9.17) is 4.74 Å². The van der Waals surface area contributed by atoms with Crippen LogP contribution in [0.5, 0.6) is 5.75 Å². The van der Waals surface area contributed by atoms with E-state index >= 15 is 0 Å². The molecule has 1 aromatic heterocycles. The van der Waals surface area contributed by atoms with Gasteiger partial charge in [0.1, 0.15) is 18.0 Å². The molecule has 4 aromatic rings. The smallest absolute Gasteiger partial charge is 0.272 e. The number of benzene rings is 3. The number of aryl methyl sites for hydroxylation is 2. The number of nitrogens with zero attached hydrogens (tertiary/aromatic N) is 2. The third-order valence-corrected chi connectivity index (χ3v) is 6.68. The number of carbonyl (C=O) groups is 2. The van der Waals surface area contributed by atoms with Gasteiger partial charge in [0, 0.05) is 30.1 Å². The topological polar surface area (TPSA) is 63.6 Å². The zero-order chi connectivity index (χ0) is 23.8. The summed E-state index contributed by atoms with van der Waals surface area (Å²) in [6.45, 7) is 2.42. The quantitative estimate of drug-likeness (QED) is 0.472. The molecule has 0 spiro atoms. The zero-order valence-corrected chi connectivity index (χ0v) is 19.5. The van der Waals surface area contributed by atoms with E-state index in [9.17, 15) is 9.59 Å². The molecule has 0 saturated carbocycles. The summed E-state index contributed by atoms with van der Waals surface area (Å²) in [7, 11) is 3.54. The summed E-state index contributed by atoms with van der Waals surface area (Å²) in [4.78, 5) is 28.3. The highest BCUT2D eigenvalue weighted by Gasteiger charge is 2.42. The van der Waals surface area contributed by atoms with E-state index in [0.717, 1.165) is 38.9 Å². The Kier molecular flexibility index (Phi) is 5.57. The van der Waals surface area contributed by atoms with Gasteiger partial charge in [0.15, 0.2) is 0 Å². The van der Waals surface area contributed by atoms with Gasteiger partial charge in [0.2, 0.25) is 5.91 Å². The SMILES string of the molecule is COc1ccc(C2c3c(n(C)c4ccccc34)C(=O)N2CC(=O)NCc2ccccc2C)cc1. The number of hydrogen-bond acceptors (Lipinski definition) is 3. The van der Waals surface area contributed by atoms with Gasteiger partial charge in [0.25, 0.3) is 5.91 Å². The van der Waals surface area contributed by atoms with Crippen LogP contribution in [0.1, 0.15) is 38.8 Å². The first-order valence-electron chi connectivity index (χ1n) is 11.3. The molecule has 0 saturated heterocycles. The number of amides is 2. The van der Waals surface area contributed by atoms with E-state index in [2.05, 4.69) is 5.32 Å². The fourth-order valence-electron chi connectivity index (χ4n) is 4.88. The Labute approximate surface area is 198 Å². The summed E-state index contributed by atoms with van der Waals surface area (Å²) in [6.07, 6.45) is 0. The summed E-state index contributed by atoms with van der Waals surface area (Å²) >= 11 is 0. The van der Waals surface area contributed by atoms with Crippen molar-refractivity contribution in [2.75, 3.05) is 13.7 Å². The fraction of sp³-hybridized carbons (Fsp3) is 0.214. The number of aromatic nitrogens is 1. The molecule has 1 unspecified atom stereocenters. The molecule has 0 radical (unpaired) electrons. The van der Waals surface area contributed by atoms with Gasteiger partial charge in [-0.2, -0.15) is 0 Å². The normalized spacial score (nSPS) is 15.0. The third-order valence-electron chi connectivity index (χ3n) is 6.68. The molecule has 172 valence electrons. The lowest BCUT2D eigenvalue weighted by molar-refractivity contribution is -0.122. The van der Waals surface area contributed by atoms with Crippen LogP contribution in [0.4, 0.5) is 0 Å². The Morgan fingerprint density at radius 3 is 2.44 bits per heavy atom. The predicted octanol–water partition coefficient (Wildman–Crippen LogP) is 4.36. The molecule has 6 heteroatoms. The maximum atomic E-state index is 13.7. The van der Waals surface area contributed by atoms with E-state index in [1.54, 1.807) is 12.0 Å². The second-order valence-corrected chi connectivity index (χ2v) is 8.65. The van der Waals surface area contributed by atoms with Crippen LogP contribution in [0, 0.1) is 6.92 Å². The van der Waals surface area contributed by atoms with Crippen molar-refractivity contribution in [3.8, 4) is 5.75 Å². The first-order chi connectivity index (χ1) is 16.5. The van der Waals surface area contributed by atoms with Crippen molar-refractivity contribution in [1.29, 1.82) is 0 Å². The fourth-order valence-corrected chi connectivity index (χ4v) is 4.88. The van der Waals surface area contributed by atoms with Gasteiger partial charge in [-0.1, -0.05) is 54.6 Å². The van der Waals surface area contributed by atoms with Crippen molar-refractivity contribution in [2.24, 2.45) is 7.05 Å². The maximum absolute atomic E-state index is 13.7. The summed E-state index contributed by atoms with van der Waals surface area (Å²) < 4.78 is 7.26. The predicted molar refractivity (Wildman–Crippen MR) is 132 cm³/mol. The van der Waals surface area contributed by atoms with E-state index in [0.29, 0.717) is 12.2 Å². The van der Waals surface area contributed by atoms with Crippen LogP contribution in [0.2, 0.25) is 0 Å². The Morgan fingerprint density at radius 1 is 1.00 bits per heavy atom. The van der Waals surface area contributed by atoms with Crippen LogP contribution >= 0.6 is 0 Å². The summed E-state index contributed by atoms with van der Waals surface area (Å²) in [5.41, 5.74) is 5.70. The molecule has 5 rings (SSSR count). The Morgan fingerprint density at radius 2 is 1.71 bits per heavy atom. The highest BCUT2D eigenvalue weighted by Crippen LogP contribution is 2.43. The van der Waals surface area contributed by atoms with Crippen LogP contribution < -0.4 is 10.1 Å². The number of fused-ring (bicyclic) bond motifs is 3. The molecule has 1 atom stereocenters. The van der Waals surface area contributed by atoms with Gasteiger partial charge in [0.05, 0.1) is 13.2 Å². The van der Waals surface area contributed by atoms with Crippen LogP contribution in [-0.2, 0) is 18.4 Å². The second kappa shape index (κ2) is 8.71. The lowest BCUT2D eigenvalue weighted by atomic mass is 9.98. The van der Waals surface area contributed by atoms with Crippen LogP contribution in [-0.4, -0.2) is 34.9 Å². The van der Waals surface area contributed by atoms with Gasteiger partial charge >= 0.3 is 0 Å². The first-order valence-corrected chi connectivity index (χ1v) is 11.3. The molecule has 34 heavy (non-hydrogen) atoms. The van der Waals surface area contributed by atoms with Crippen molar-refractivity contribution >= 4 is 22.7 Å². The van der Waals surface area contributed by atoms with Crippen LogP contribution in [0.3, 0.4) is 0 Å². The van der Waals surface area contributed by atoms with Crippen molar-refractivity contribution < 1.29 is 14.3 Å². The van der Waals surface area contributed by atoms with E-state index in [-0.39, 0.29) is 24.4 Å². The molecule has 1 aliphatic heterocycles. The average Bonchev–Trinajstić information content (AvgIpc) is 3.31. The molecule has 3 aromatic carbocycles. The van der Waals surface area contributed by atoms with Crippen molar-refractivity contribution in [3.05, 3.63) is 101 Å². The summed E-state index contributed by atoms with van der Waals surface area (Å²) in [5.74, 6) is 0.418. The summed E-state index contributed by atoms with van der Waals surface area (Å²) in [6, 6.07) is 23.3. The largest absolute Gasteiger partial charge is 0.497 e. The molecule has 0 fully saturated rings. The minimum atomic E-state index is -0.358. The molecule has 0 bridgehead atoms. The van der Waals surface area contributed by atoms with E-state index in [1.807, 2.05) is 91.3 Å². The molecule has 1 N–H and O–H groups in total. The van der Waals surface area contributed by atoms with Gasteiger partial charge in [-0.05, 0) is 41.8 Å². The van der Waals surface area contributed by atoms with Gasteiger partial charge in [-0.15, -0.1) is 0 Å². The number of para-hydroxylation sites is 1. The number of hydrogen-bond donors (Lipinski definition) is 1. The van der Waals surface area contributed by atoms with E-state index < -0.39 is 0 Å². The average molecular weight is 454 g/mol. The molecule has 6 nitrogen and oxygen atoms in total. The number of rotatable bonds is 6.